The van der Waals surface area contributed by atoms with E-state index in [0.717, 1.165) is 0 Å². The van der Waals surface area contributed by atoms with Crippen LogP contribution in [-0.4, -0.2) is 0 Å². The average Bonchev–Trinajstić information content (AvgIpc) is 2.38. The van der Waals surface area contributed by atoms with Gasteiger partial charge in [0.05, 0.1) is 0 Å². The number of hydrogen-bond acceptors (Lipinski definition) is 0. The van der Waals surface area contributed by atoms with Gasteiger partial charge in [-0.1, -0.05) is 0 Å². The quantitative estimate of drug-likeness (QED) is 0.313. The molecular weight excluding hydrogens is 389 g/mol. The summed E-state index contributed by atoms with van der Waals surface area (Å²) in [6.45, 7) is 0. The molecule has 0 saturated carbocycles. The van der Waals surface area contributed by atoms with Crippen molar-refractivity contribution >= 4 is 36.1 Å². The van der Waals surface area contributed by atoms with Crippen LogP contribution in [0.15, 0.2) is 54.6 Å². The van der Waals surface area contributed by atoms with Gasteiger partial charge in [-0.05, 0) is 0 Å². The van der Waals surface area contributed by atoms with Crippen LogP contribution in [0.1, 0.15) is 0 Å². The molecule has 4 rings (SSSR count). The minimum atomic E-state index is 1.30. The second-order valence-electron chi connectivity index (χ2n) is 4.36. The van der Waals surface area contributed by atoms with Gasteiger partial charge in [0, 0.05) is 0 Å². The molecule has 1 heteroatoms. The summed E-state index contributed by atoms with van der Waals surface area (Å²) in [5.74, 6) is 0. The van der Waals surface area contributed by atoms with Crippen molar-refractivity contribution in [1.29, 1.82) is 0 Å². The maximum absolute atomic E-state index is 2.62. The summed E-state index contributed by atoms with van der Waals surface area (Å²) in [5, 5.41) is 8.16. The normalized spacial score (nSPS) is 11.9. The first-order valence-corrected chi connectivity index (χ1v) is 6.71. The van der Waals surface area contributed by atoms with Gasteiger partial charge in [-0.15, -0.1) is 0 Å². The Labute approximate surface area is 111 Å². The van der Waals surface area contributed by atoms with Crippen LogP contribution in [0.4, 0.5) is 0 Å². The molecule has 0 bridgehead atoms. The fourth-order valence-electron chi connectivity index (χ4n) is 2.68. The van der Waals surface area contributed by atoms with E-state index in [0.29, 0.717) is 0 Å². The van der Waals surface area contributed by atoms with Gasteiger partial charge in [0.2, 0.25) is 0 Å². The van der Waals surface area contributed by atoms with E-state index in [1.54, 1.807) is 0 Å². The molecule has 84 valence electrons. The van der Waals surface area contributed by atoms with Crippen molar-refractivity contribution in [2.24, 2.45) is 0 Å². The molecule has 4 aromatic carbocycles. The third-order valence-corrected chi connectivity index (χ3v) is 4.39. The van der Waals surface area contributed by atoms with Gasteiger partial charge >= 0.3 is 112 Å². The van der Waals surface area contributed by atoms with E-state index in [1.807, 2.05) is 0 Å². The number of benzene rings is 4. The molecule has 0 radical (unpaired) electrons. The van der Waals surface area contributed by atoms with Crippen molar-refractivity contribution in [3.63, 3.8) is 0 Å². The van der Waals surface area contributed by atoms with Crippen LogP contribution in [0.3, 0.4) is 0 Å². The molecular formula is C16H9Au. The Balaban J connectivity index is 2.48. The van der Waals surface area contributed by atoms with Gasteiger partial charge in [-0.2, -0.15) is 0 Å². The van der Waals surface area contributed by atoms with Crippen molar-refractivity contribution in [3.8, 4) is 0 Å². The molecule has 0 nitrogen and oxygen atoms in total. The van der Waals surface area contributed by atoms with Gasteiger partial charge in [0.15, 0.2) is 0 Å². The molecule has 0 aliphatic rings. The molecule has 0 spiro atoms. The predicted molar refractivity (Wildman–Crippen MR) is 69.8 cm³/mol. The molecule has 17 heavy (non-hydrogen) atoms. The summed E-state index contributed by atoms with van der Waals surface area (Å²) < 4.78 is 1.30. The van der Waals surface area contributed by atoms with Crippen LogP contribution in [-0.2, 0) is 21.1 Å². The molecule has 0 atom stereocenters. The first-order valence-electron chi connectivity index (χ1n) is 5.63. The Morgan fingerprint density at radius 2 is 1.18 bits per heavy atom. The van der Waals surface area contributed by atoms with Gasteiger partial charge in [-0.25, -0.2) is 0 Å². The minimum absolute atomic E-state index is 1.30. The SMILES string of the molecule is [Au][c]1ccc2ccc3cccc4ccc1c2c34. The van der Waals surface area contributed by atoms with Gasteiger partial charge < -0.3 is 0 Å². The number of rotatable bonds is 0. The summed E-state index contributed by atoms with van der Waals surface area (Å²) in [5.41, 5.74) is 0. The molecule has 0 aliphatic heterocycles. The Hall–Kier alpha value is -1.34. The fraction of sp³-hybridized carbons (Fsp3) is 0. The van der Waals surface area contributed by atoms with Gasteiger partial charge in [0.25, 0.3) is 0 Å². The molecule has 0 aliphatic carbocycles. The Bertz CT molecular complexity index is 830. The van der Waals surface area contributed by atoms with Crippen LogP contribution >= 0.6 is 0 Å². The summed E-state index contributed by atoms with van der Waals surface area (Å²) >= 11 is 2.62. The predicted octanol–water partition coefficient (Wildman–Crippen LogP) is 3.76. The first kappa shape index (κ1) is 9.67. The van der Waals surface area contributed by atoms with Crippen LogP contribution in [0, 0.1) is 0 Å². The van der Waals surface area contributed by atoms with Crippen LogP contribution in [0.25, 0.3) is 32.3 Å². The third kappa shape index (κ3) is 1.23. The van der Waals surface area contributed by atoms with Crippen LogP contribution in [0.2, 0.25) is 0 Å². The van der Waals surface area contributed by atoms with Gasteiger partial charge in [-0.3, -0.25) is 0 Å². The zero-order valence-electron chi connectivity index (χ0n) is 9.00. The third-order valence-electron chi connectivity index (χ3n) is 3.44. The molecule has 0 aromatic heterocycles. The summed E-state index contributed by atoms with van der Waals surface area (Å²) in [7, 11) is 0. The molecule has 0 saturated heterocycles. The van der Waals surface area contributed by atoms with Crippen LogP contribution < -0.4 is 3.78 Å². The van der Waals surface area contributed by atoms with E-state index in [2.05, 4.69) is 75.7 Å². The van der Waals surface area contributed by atoms with Crippen LogP contribution in [0.5, 0.6) is 0 Å². The fourth-order valence-corrected chi connectivity index (χ4v) is 3.31. The molecule has 4 aromatic rings. The molecule has 0 heterocycles. The van der Waals surface area contributed by atoms with Crippen molar-refractivity contribution in [1.82, 2.24) is 0 Å². The van der Waals surface area contributed by atoms with E-state index in [1.165, 1.54) is 36.1 Å². The summed E-state index contributed by atoms with van der Waals surface area (Å²) in [6, 6.07) is 19.8. The van der Waals surface area contributed by atoms with Crippen molar-refractivity contribution in [3.05, 3.63) is 54.6 Å². The second kappa shape index (κ2) is 3.33. The summed E-state index contributed by atoms with van der Waals surface area (Å²) in [4.78, 5) is 0. The first-order chi connectivity index (χ1) is 8.34. The van der Waals surface area contributed by atoms with E-state index in [-0.39, 0.29) is 0 Å². The molecule has 0 fully saturated rings. The zero-order chi connectivity index (χ0) is 11.4. The average molecular weight is 398 g/mol. The van der Waals surface area contributed by atoms with Crippen molar-refractivity contribution in [2.45, 2.75) is 0 Å². The van der Waals surface area contributed by atoms with E-state index < -0.39 is 0 Å². The Kier molecular flexibility index (Phi) is 1.89. The number of hydrogen-bond donors (Lipinski definition) is 0. The molecule has 0 N–H and O–H groups in total. The Morgan fingerprint density at radius 1 is 0.588 bits per heavy atom. The van der Waals surface area contributed by atoms with E-state index in [4.69, 9.17) is 0 Å². The van der Waals surface area contributed by atoms with E-state index >= 15 is 0 Å². The van der Waals surface area contributed by atoms with E-state index in [9.17, 15) is 0 Å². The maximum atomic E-state index is 2.62. The molecule has 0 unspecified atom stereocenters. The second-order valence-corrected chi connectivity index (χ2v) is 5.53. The van der Waals surface area contributed by atoms with Crippen molar-refractivity contribution < 1.29 is 21.1 Å². The van der Waals surface area contributed by atoms with Crippen molar-refractivity contribution in [2.75, 3.05) is 0 Å². The molecule has 0 amide bonds. The topological polar surface area (TPSA) is 0 Å². The summed E-state index contributed by atoms with van der Waals surface area (Å²) in [6.07, 6.45) is 0. The zero-order valence-corrected chi connectivity index (χ0v) is 11.2. The monoisotopic (exact) mass is 398 g/mol. The standard InChI is InChI=1S/C16H9.Au/c1-3-11-7-9-13-5-2-6-14-10-8-12(4-1)15(11)16(13)14;/h1-5,7-10H;. The van der Waals surface area contributed by atoms with Gasteiger partial charge in [0.1, 0.15) is 0 Å². The Morgan fingerprint density at radius 3 is 1.94 bits per heavy atom.